The van der Waals surface area contributed by atoms with E-state index in [9.17, 15) is 29.7 Å². The van der Waals surface area contributed by atoms with Gasteiger partial charge in [-0.1, -0.05) is 23.3 Å². The Balaban J connectivity index is 1.83. The number of phenols is 1. The summed E-state index contributed by atoms with van der Waals surface area (Å²) in [7, 11) is 0. The van der Waals surface area contributed by atoms with E-state index in [1.165, 1.54) is 17.2 Å². The molecule has 4 N–H and O–H groups in total. The summed E-state index contributed by atoms with van der Waals surface area (Å²) >= 11 is 0. The Hall–Kier alpha value is -3.33. The molecule has 0 saturated carbocycles. The number of carboxylic acid groups (broad SMARTS) is 2. The number of carbonyl (C=O) groups is 3. The van der Waals surface area contributed by atoms with Crippen LogP contribution in [0.5, 0.6) is 11.5 Å². The third kappa shape index (κ3) is 6.33. The van der Waals surface area contributed by atoms with Crippen molar-refractivity contribution in [2.24, 2.45) is 0 Å². The molecule has 9 heteroatoms. The smallest absolute Gasteiger partial charge is 0.326 e. The highest BCUT2D eigenvalue weighted by Crippen LogP contribution is 2.46. The van der Waals surface area contributed by atoms with Crippen LogP contribution in [0.1, 0.15) is 87.7 Å². The Bertz CT molecular complexity index is 1130. The zero-order valence-electron chi connectivity index (χ0n) is 21.9. The topological polar surface area (TPSA) is 145 Å². The lowest BCUT2D eigenvalue weighted by Crippen LogP contribution is -2.49. The Morgan fingerprint density at radius 3 is 2.49 bits per heavy atom. The van der Waals surface area contributed by atoms with Crippen LogP contribution in [0.25, 0.3) is 0 Å². The van der Waals surface area contributed by atoms with Crippen molar-refractivity contribution >= 4 is 17.8 Å². The third-order valence-electron chi connectivity index (χ3n) is 7.24. The lowest BCUT2D eigenvalue weighted by Gasteiger charge is -2.41. The second-order valence-electron chi connectivity index (χ2n) is 10.5. The Kier molecular flexibility index (Phi) is 8.68. The summed E-state index contributed by atoms with van der Waals surface area (Å²) in [4.78, 5) is 37.1. The number of amides is 1. The van der Waals surface area contributed by atoms with Gasteiger partial charge in [-0.15, -0.1) is 0 Å². The number of phenolic OH excluding ortho intramolecular Hbond substituents is 1. The number of benzene rings is 1. The summed E-state index contributed by atoms with van der Waals surface area (Å²) in [6.07, 6.45) is 6.01. The van der Waals surface area contributed by atoms with Crippen molar-refractivity contribution in [2.75, 3.05) is 0 Å². The molecule has 2 aliphatic heterocycles. The molecule has 3 unspecified atom stereocenters. The van der Waals surface area contributed by atoms with Gasteiger partial charge in [0.05, 0.1) is 18.2 Å². The van der Waals surface area contributed by atoms with Gasteiger partial charge < -0.3 is 30.1 Å². The average molecular weight is 516 g/mol. The quantitative estimate of drug-likeness (QED) is 0.321. The summed E-state index contributed by atoms with van der Waals surface area (Å²) in [5, 5.41) is 40.2. The Morgan fingerprint density at radius 2 is 1.86 bits per heavy atom. The van der Waals surface area contributed by atoms with E-state index in [-0.39, 0.29) is 30.7 Å². The van der Waals surface area contributed by atoms with E-state index in [0.29, 0.717) is 29.7 Å². The number of rotatable bonds is 11. The van der Waals surface area contributed by atoms with Gasteiger partial charge in [0.15, 0.2) is 0 Å². The van der Waals surface area contributed by atoms with Crippen LogP contribution in [0.15, 0.2) is 29.4 Å². The first-order valence-electron chi connectivity index (χ1n) is 12.6. The summed E-state index contributed by atoms with van der Waals surface area (Å²) in [5.41, 5.74) is 2.51. The van der Waals surface area contributed by atoms with Gasteiger partial charge in [0, 0.05) is 24.0 Å². The number of allylic oxidation sites excluding steroid dienone is 4. The molecule has 0 radical (unpaired) electrons. The number of carbonyl (C=O) groups excluding carboxylic acids is 1. The van der Waals surface area contributed by atoms with Crippen molar-refractivity contribution in [2.45, 2.75) is 96.9 Å². The van der Waals surface area contributed by atoms with Crippen LogP contribution in [-0.4, -0.2) is 60.9 Å². The largest absolute Gasteiger partial charge is 0.508 e. The molecule has 0 aliphatic carbocycles. The predicted octanol–water partition coefficient (Wildman–Crippen LogP) is 4.19. The fourth-order valence-corrected chi connectivity index (χ4v) is 4.95. The first-order valence-corrected chi connectivity index (χ1v) is 12.6. The number of hydrogen-bond donors (Lipinski definition) is 4. The van der Waals surface area contributed by atoms with Crippen molar-refractivity contribution in [3.05, 3.63) is 46.1 Å². The molecule has 0 bridgehead atoms. The van der Waals surface area contributed by atoms with E-state index >= 15 is 0 Å². The molecule has 2 heterocycles. The van der Waals surface area contributed by atoms with Crippen molar-refractivity contribution in [3.8, 4) is 11.5 Å². The molecule has 3 atom stereocenters. The van der Waals surface area contributed by atoms with E-state index in [4.69, 9.17) is 9.84 Å². The number of nitrogens with zero attached hydrogens (tertiary/aromatic N) is 1. The summed E-state index contributed by atoms with van der Waals surface area (Å²) in [6, 6.07) is -0.0435. The molecule has 1 aromatic rings. The number of aliphatic carboxylic acids is 2. The molecule has 0 spiro atoms. The predicted molar refractivity (Wildman–Crippen MR) is 137 cm³/mol. The SMILES string of the molecule is CC(C)=CCC/C(C)=C/CCC1(C)Oc2c(c(O)cc3c2CN(C(CCC(=O)O)C(=O)O)C3=O)CC1O. The number of ether oxygens (including phenoxy) is 1. The highest BCUT2D eigenvalue weighted by atomic mass is 16.5. The lowest BCUT2D eigenvalue weighted by atomic mass is 9.84. The molecular weight excluding hydrogens is 478 g/mol. The molecule has 2 aliphatic rings. The van der Waals surface area contributed by atoms with Crippen molar-refractivity contribution in [3.63, 3.8) is 0 Å². The van der Waals surface area contributed by atoms with E-state index in [2.05, 4.69) is 32.9 Å². The maximum absolute atomic E-state index is 13.1. The number of aliphatic hydroxyl groups excluding tert-OH is 1. The van der Waals surface area contributed by atoms with Gasteiger partial charge in [0.25, 0.3) is 5.91 Å². The van der Waals surface area contributed by atoms with Crippen LogP contribution in [0.3, 0.4) is 0 Å². The van der Waals surface area contributed by atoms with Crippen LogP contribution < -0.4 is 4.74 Å². The maximum atomic E-state index is 13.1. The zero-order valence-corrected chi connectivity index (χ0v) is 21.9. The average Bonchev–Trinajstić information content (AvgIpc) is 3.11. The molecule has 1 aromatic carbocycles. The number of carboxylic acids is 2. The van der Waals surface area contributed by atoms with Crippen molar-refractivity contribution in [1.82, 2.24) is 4.90 Å². The molecular formula is C28H37NO8. The highest BCUT2D eigenvalue weighted by Gasteiger charge is 2.45. The molecule has 0 fully saturated rings. The normalized spacial score (nSPS) is 21.6. The van der Waals surface area contributed by atoms with Gasteiger partial charge in [0.1, 0.15) is 23.1 Å². The van der Waals surface area contributed by atoms with E-state index < -0.39 is 42.0 Å². The van der Waals surface area contributed by atoms with Gasteiger partial charge in [-0.2, -0.15) is 0 Å². The van der Waals surface area contributed by atoms with Gasteiger partial charge in [-0.25, -0.2) is 4.79 Å². The Labute approximate surface area is 217 Å². The first-order chi connectivity index (χ1) is 17.3. The summed E-state index contributed by atoms with van der Waals surface area (Å²) < 4.78 is 6.32. The van der Waals surface area contributed by atoms with Gasteiger partial charge >= 0.3 is 11.9 Å². The second kappa shape index (κ2) is 11.4. The monoisotopic (exact) mass is 515 g/mol. The van der Waals surface area contributed by atoms with Gasteiger partial charge in [0.2, 0.25) is 0 Å². The third-order valence-corrected chi connectivity index (χ3v) is 7.24. The fourth-order valence-electron chi connectivity index (χ4n) is 4.95. The van der Waals surface area contributed by atoms with Crippen LogP contribution in [0.4, 0.5) is 0 Å². The van der Waals surface area contributed by atoms with Crippen LogP contribution in [-0.2, 0) is 22.6 Å². The molecule has 9 nitrogen and oxygen atoms in total. The van der Waals surface area contributed by atoms with Crippen LogP contribution in [0, 0.1) is 0 Å². The van der Waals surface area contributed by atoms with Crippen LogP contribution >= 0.6 is 0 Å². The minimum absolute atomic E-state index is 0.0804. The maximum Gasteiger partial charge on any atom is 0.326 e. The minimum atomic E-state index is -1.33. The number of aliphatic hydroxyl groups is 1. The van der Waals surface area contributed by atoms with Crippen molar-refractivity contribution in [1.29, 1.82) is 0 Å². The molecule has 202 valence electrons. The lowest BCUT2D eigenvalue weighted by molar-refractivity contribution is -0.143. The number of aromatic hydroxyl groups is 1. The molecule has 37 heavy (non-hydrogen) atoms. The molecule has 0 saturated heterocycles. The molecule has 1 amide bonds. The minimum Gasteiger partial charge on any atom is -0.508 e. The second-order valence-corrected chi connectivity index (χ2v) is 10.5. The first kappa shape index (κ1) is 28.2. The van der Waals surface area contributed by atoms with E-state index in [1.807, 2.05) is 0 Å². The van der Waals surface area contributed by atoms with Crippen LogP contribution in [0.2, 0.25) is 0 Å². The van der Waals surface area contributed by atoms with Gasteiger partial charge in [-0.3, -0.25) is 9.59 Å². The zero-order chi connectivity index (χ0) is 27.5. The fraction of sp³-hybridized carbons (Fsp3) is 0.536. The van der Waals surface area contributed by atoms with E-state index in [0.717, 1.165) is 17.7 Å². The summed E-state index contributed by atoms with van der Waals surface area (Å²) in [5.74, 6) is -2.95. The van der Waals surface area contributed by atoms with Crippen molar-refractivity contribution < 1.29 is 39.5 Å². The molecule has 3 rings (SSSR count). The van der Waals surface area contributed by atoms with Gasteiger partial charge in [-0.05, 0) is 65.9 Å². The van der Waals surface area contributed by atoms with E-state index in [1.54, 1.807) is 6.92 Å². The number of fused-ring (bicyclic) bond motifs is 3. The highest BCUT2D eigenvalue weighted by molar-refractivity contribution is 6.02. The summed E-state index contributed by atoms with van der Waals surface area (Å²) in [6.45, 7) is 7.92. The number of hydrogen-bond acceptors (Lipinski definition) is 6. The Morgan fingerprint density at radius 1 is 1.16 bits per heavy atom. The standard InChI is InChI=1S/C28H37NO8/c1-16(2)7-5-8-17(3)9-6-12-28(4)23(31)14-19-22(30)13-18-20(25(19)37-28)15-29(26(18)34)21(27(35)36)10-11-24(32)33/h7,9,13,21,23,30-31H,5-6,8,10-12,14-15H2,1-4H3,(H,32,33)(H,35,36)/b17-9+. The molecule has 0 aromatic heterocycles.